The lowest BCUT2D eigenvalue weighted by Gasteiger charge is -2.17. The molecule has 0 saturated carbocycles. The third-order valence-electron chi connectivity index (χ3n) is 6.79. The van der Waals surface area contributed by atoms with Crippen molar-refractivity contribution in [1.29, 1.82) is 0 Å². The van der Waals surface area contributed by atoms with Gasteiger partial charge in [0.1, 0.15) is 11.3 Å². The molecule has 0 atom stereocenters. The summed E-state index contributed by atoms with van der Waals surface area (Å²) in [6.45, 7) is 0. The molecule has 0 radical (unpaired) electrons. The Labute approximate surface area is 164 Å². The van der Waals surface area contributed by atoms with E-state index in [4.69, 9.17) is 4.42 Å². The van der Waals surface area contributed by atoms with Crippen molar-refractivity contribution in [2.75, 3.05) is 0 Å². The van der Waals surface area contributed by atoms with Gasteiger partial charge in [-0.3, -0.25) is 0 Å². The maximum absolute atomic E-state index is 6.56. The second-order valence-corrected chi connectivity index (χ2v) is 8.27. The van der Waals surface area contributed by atoms with Gasteiger partial charge in [-0.15, -0.1) is 0 Å². The molecule has 0 N–H and O–H groups in total. The van der Waals surface area contributed by atoms with E-state index in [2.05, 4.69) is 60.7 Å². The van der Waals surface area contributed by atoms with Crippen LogP contribution in [-0.4, -0.2) is 0 Å². The van der Waals surface area contributed by atoms with Crippen molar-refractivity contribution >= 4 is 33.9 Å². The molecule has 3 aliphatic rings. The highest BCUT2D eigenvalue weighted by atomic mass is 16.3. The third kappa shape index (κ3) is 1.77. The largest absolute Gasteiger partial charge is 0.460 e. The van der Waals surface area contributed by atoms with Crippen LogP contribution < -0.4 is 0 Å². The molecular formula is C27H20O. The Morgan fingerprint density at radius 2 is 1.61 bits per heavy atom. The number of benzene rings is 3. The molecule has 0 aliphatic heterocycles. The number of rotatable bonds is 0. The average molecular weight is 360 g/mol. The van der Waals surface area contributed by atoms with E-state index in [1.54, 1.807) is 0 Å². The monoisotopic (exact) mass is 360 g/mol. The lowest BCUT2D eigenvalue weighted by molar-refractivity contribution is 0.543. The number of fused-ring (bicyclic) bond motifs is 12. The zero-order valence-electron chi connectivity index (χ0n) is 15.7. The number of aryl methyl sites for hydroxylation is 2. The van der Waals surface area contributed by atoms with Crippen molar-refractivity contribution in [2.24, 2.45) is 0 Å². The first kappa shape index (κ1) is 14.9. The Hall–Kier alpha value is -3.06. The highest BCUT2D eigenvalue weighted by Gasteiger charge is 2.28. The van der Waals surface area contributed by atoms with Crippen LogP contribution >= 0.6 is 0 Å². The Morgan fingerprint density at radius 3 is 2.57 bits per heavy atom. The van der Waals surface area contributed by atoms with Crippen molar-refractivity contribution in [3.8, 4) is 11.1 Å². The van der Waals surface area contributed by atoms with Crippen LogP contribution in [0.3, 0.4) is 0 Å². The summed E-state index contributed by atoms with van der Waals surface area (Å²) >= 11 is 0. The second kappa shape index (κ2) is 5.26. The predicted octanol–water partition coefficient (Wildman–Crippen LogP) is 7.08. The van der Waals surface area contributed by atoms with E-state index in [9.17, 15) is 0 Å². The topological polar surface area (TPSA) is 13.1 Å². The number of hydrogen-bond acceptors (Lipinski definition) is 1. The minimum atomic E-state index is 1.01. The Kier molecular flexibility index (Phi) is 2.80. The quantitative estimate of drug-likeness (QED) is 0.288. The number of hydrogen-bond donors (Lipinski definition) is 0. The summed E-state index contributed by atoms with van der Waals surface area (Å²) in [6.07, 6.45) is 14.5. The summed E-state index contributed by atoms with van der Waals surface area (Å²) in [5.74, 6) is 1.17. The van der Waals surface area contributed by atoms with E-state index in [0.717, 1.165) is 37.7 Å². The molecule has 0 spiro atoms. The van der Waals surface area contributed by atoms with Crippen LogP contribution in [0.2, 0.25) is 0 Å². The van der Waals surface area contributed by atoms with Gasteiger partial charge in [-0.1, -0.05) is 60.7 Å². The molecule has 1 nitrogen and oxygen atoms in total. The molecule has 0 bridgehead atoms. The van der Waals surface area contributed by atoms with E-state index in [-0.39, 0.29) is 0 Å². The minimum absolute atomic E-state index is 1.01. The zero-order valence-corrected chi connectivity index (χ0v) is 15.7. The fourth-order valence-electron chi connectivity index (χ4n) is 5.59. The Morgan fingerprint density at radius 1 is 0.750 bits per heavy atom. The van der Waals surface area contributed by atoms with Gasteiger partial charge in [0.05, 0.1) is 0 Å². The molecule has 7 rings (SSSR count). The van der Waals surface area contributed by atoms with Gasteiger partial charge in [0, 0.05) is 28.3 Å². The smallest absolute Gasteiger partial charge is 0.139 e. The summed E-state index contributed by atoms with van der Waals surface area (Å²) in [5.41, 5.74) is 11.0. The van der Waals surface area contributed by atoms with Crippen molar-refractivity contribution in [3.05, 3.63) is 82.1 Å². The van der Waals surface area contributed by atoms with Gasteiger partial charge in [-0.25, -0.2) is 0 Å². The second-order valence-electron chi connectivity index (χ2n) is 8.27. The summed E-state index contributed by atoms with van der Waals surface area (Å²) < 4.78 is 6.56. The molecular weight excluding hydrogens is 340 g/mol. The molecule has 1 heterocycles. The summed E-state index contributed by atoms with van der Waals surface area (Å²) in [5, 5.41) is 4.14. The van der Waals surface area contributed by atoms with E-state index in [1.807, 2.05) is 0 Å². The van der Waals surface area contributed by atoms with E-state index in [1.165, 1.54) is 60.9 Å². The van der Waals surface area contributed by atoms with Crippen LogP contribution in [0.15, 0.2) is 53.0 Å². The first-order valence-corrected chi connectivity index (χ1v) is 10.4. The molecule has 4 aromatic rings. The molecule has 0 amide bonds. The molecule has 28 heavy (non-hydrogen) atoms. The lowest BCUT2D eigenvalue weighted by atomic mass is 9.85. The van der Waals surface area contributed by atoms with Crippen LogP contribution in [0.5, 0.6) is 0 Å². The van der Waals surface area contributed by atoms with Crippen molar-refractivity contribution in [3.63, 3.8) is 0 Å². The maximum atomic E-state index is 6.56. The molecule has 1 heteroatoms. The molecule has 0 saturated heterocycles. The van der Waals surface area contributed by atoms with Crippen LogP contribution in [0, 0.1) is 0 Å². The van der Waals surface area contributed by atoms with Crippen molar-refractivity contribution in [2.45, 2.75) is 32.1 Å². The molecule has 3 aromatic carbocycles. The van der Waals surface area contributed by atoms with Gasteiger partial charge < -0.3 is 4.42 Å². The first-order chi connectivity index (χ1) is 13.9. The SMILES string of the molecule is C1=Cc2c(oc3c4c(c5ccc6c(c5c23)-c2ccccc2C6)C=CCC4)CC1. The zero-order chi connectivity index (χ0) is 18.2. The van der Waals surface area contributed by atoms with E-state index in [0.29, 0.717) is 0 Å². The van der Waals surface area contributed by atoms with E-state index < -0.39 is 0 Å². The molecule has 0 fully saturated rings. The first-order valence-electron chi connectivity index (χ1n) is 10.4. The third-order valence-corrected chi connectivity index (χ3v) is 6.79. The Balaban J connectivity index is 1.76. The van der Waals surface area contributed by atoms with Crippen LogP contribution in [-0.2, 0) is 19.3 Å². The van der Waals surface area contributed by atoms with Crippen molar-refractivity contribution < 1.29 is 4.42 Å². The molecule has 1 aromatic heterocycles. The minimum Gasteiger partial charge on any atom is -0.460 e. The van der Waals surface area contributed by atoms with E-state index >= 15 is 0 Å². The van der Waals surface area contributed by atoms with Gasteiger partial charge >= 0.3 is 0 Å². The summed E-state index contributed by atoms with van der Waals surface area (Å²) in [4.78, 5) is 0. The molecule has 134 valence electrons. The van der Waals surface area contributed by atoms with Crippen LogP contribution in [0.4, 0.5) is 0 Å². The van der Waals surface area contributed by atoms with Crippen molar-refractivity contribution in [1.82, 2.24) is 0 Å². The Bertz CT molecular complexity index is 1380. The highest BCUT2D eigenvalue weighted by Crippen LogP contribution is 2.49. The summed E-state index contributed by atoms with van der Waals surface area (Å²) in [6, 6.07) is 13.6. The van der Waals surface area contributed by atoms with Gasteiger partial charge in [0.25, 0.3) is 0 Å². The van der Waals surface area contributed by atoms with Crippen LogP contribution in [0.1, 0.15) is 46.4 Å². The van der Waals surface area contributed by atoms with Gasteiger partial charge in [0.2, 0.25) is 0 Å². The van der Waals surface area contributed by atoms with Gasteiger partial charge in [0.15, 0.2) is 0 Å². The number of furan rings is 1. The van der Waals surface area contributed by atoms with Gasteiger partial charge in [-0.2, -0.15) is 0 Å². The highest BCUT2D eigenvalue weighted by molar-refractivity contribution is 6.21. The van der Waals surface area contributed by atoms with Gasteiger partial charge in [-0.05, 0) is 58.9 Å². The summed E-state index contributed by atoms with van der Waals surface area (Å²) in [7, 11) is 0. The number of allylic oxidation sites excluding steroid dienone is 2. The normalized spacial score (nSPS) is 16.3. The lowest BCUT2D eigenvalue weighted by Crippen LogP contribution is -1.98. The molecule has 3 aliphatic carbocycles. The molecule has 0 unspecified atom stereocenters. The van der Waals surface area contributed by atoms with Crippen LogP contribution in [0.25, 0.3) is 45.0 Å². The standard InChI is InChI=1S/C27H20O/c1-2-8-18-16(7-1)15-17-13-14-20-19-9-3-4-10-21(19)27-26(25(20)24(17)18)22-11-5-6-12-23(22)28-27/h1-3,5,7-9,11,13-14H,4,6,10,12,15H2. The average Bonchev–Trinajstić information content (AvgIpc) is 3.32. The fraction of sp³-hybridized carbons (Fsp3) is 0.185. The predicted molar refractivity (Wildman–Crippen MR) is 117 cm³/mol. The maximum Gasteiger partial charge on any atom is 0.139 e. The fourth-order valence-corrected chi connectivity index (χ4v) is 5.59.